The van der Waals surface area contributed by atoms with Crippen LogP contribution in [0.15, 0.2) is 16.6 Å². The Morgan fingerprint density at radius 1 is 1.26 bits per heavy atom. The molecule has 19 heavy (non-hydrogen) atoms. The number of benzene rings is 1. The number of rotatable bonds is 2. The lowest BCUT2D eigenvalue weighted by Gasteiger charge is -2.25. The number of hydrogen-bond donors (Lipinski definition) is 1. The van der Waals surface area contributed by atoms with Crippen LogP contribution in [-0.4, -0.2) is 16.5 Å². The molecule has 0 bridgehead atoms. The van der Waals surface area contributed by atoms with Crippen molar-refractivity contribution in [3.05, 3.63) is 33.0 Å². The first-order valence-electron chi connectivity index (χ1n) is 6.36. The van der Waals surface area contributed by atoms with Gasteiger partial charge in [0.15, 0.2) is 11.6 Å². The number of halogens is 3. The summed E-state index contributed by atoms with van der Waals surface area (Å²) in [5.41, 5.74) is -1.58. The van der Waals surface area contributed by atoms with Crippen molar-refractivity contribution in [1.29, 1.82) is 0 Å². The Bertz CT molecular complexity index is 496. The second kappa shape index (κ2) is 5.90. The van der Waals surface area contributed by atoms with Gasteiger partial charge in [0.25, 0.3) is 0 Å². The molecule has 0 spiro atoms. The Balaban J connectivity index is 2.35. The number of hydrogen-bond acceptors (Lipinski definition) is 2. The van der Waals surface area contributed by atoms with Crippen LogP contribution >= 0.6 is 27.5 Å². The van der Waals surface area contributed by atoms with Gasteiger partial charge in [0.1, 0.15) is 5.60 Å². The summed E-state index contributed by atoms with van der Waals surface area (Å²) in [6, 6.07) is 2.90. The van der Waals surface area contributed by atoms with E-state index in [1.165, 1.54) is 12.1 Å². The average molecular weight is 350 g/mol. The fourth-order valence-electron chi connectivity index (χ4n) is 2.49. The molecule has 1 aromatic rings. The third-order valence-electron chi connectivity index (χ3n) is 3.63. The third kappa shape index (κ3) is 3.01. The largest absolute Gasteiger partial charge is 0.382 e. The normalized spacial score (nSPS) is 18.9. The van der Waals surface area contributed by atoms with Gasteiger partial charge in [-0.2, -0.15) is 0 Å². The molecule has 1 aliphatic rings. The van der Waals surface area contributed by atoms with Crippen LogP contribution in [0.3, 0.4) is 0 Å². The molecule has 0 heterocycles. The van der Waals surface area contributed by atoms with E-state index in [2.05, 4.69) is 15.9 Å². The highest BCUT2D eigenvalue weighted by atomic mass is 79.9. The summed E-state index contributed by atoms with van der Waals surface area (Å²) in [7, 11) is 0. The predicted octanol–water partition coefficient (Wildman–Crippen LogP) is 4.51. The second-order valence-electron chi connectivity index (χ2n) is 5.00. The molecule has 0 atom stereocenters. The quantitative estimate of drug-likeness (QED) is 0.484. The number of carbonyl (C=O) groups is 1. The van der Waals surface area contributed by atoms with Gasteiger partial charge >= 0.3 is 0 Å². The standard InChI is InChI=1S/C14H15BrClFO2/c15-10-6-5-9(12(17)11(10)16)13(18)14(19)7-3-1-2-4-8-14/h5-6,19H,1-4,7-8H2. The van der Waals surface area contributed by atoms with Crippen molar-refractivity contribution in [1.82, 2.24) is 0 Å². The van der Waals surface area contributed by atoms with E-state index in [0.29, 0.717) is 17.3 Å². The average Bonchev–Trinajstić information content (AvgIpc) is 2.61. The van der Waals surface area contributed by atoms with Gasteiger partial charge < -0.3 is 5.11 Å². The number of ketones is 1. The lowest BCUT2D eigenvalue weighted by molar-refractivity contribution is 0.0234. The van der Waals surface area contributed by atoms with Crippen molar-refractivity contribution >= 4 is 33.3 Å². The molecular formula is C14H15BrClFO2. The first-order valence-corrected chi connectivity index (χ1v) is 7.53. The fourth-order valence-corrected chi connectivity index (χ4v) is 2.96. The molecule has 1 saturated carbocycles. The van der Waals surface area contributed by atoms with Gasteiger partial charge in [0.05, 0.1) is 10.6 Å². The van der Waals surface area contributed by atoms with Crippen molar-refractivity contribution in [2.75, 3.05) is 0 Å². The van der Waals surface area contributed by atoms with Crippen LogP contribution < -0.4 is 0 Å². The van der Waals surface area contributed by atoms with Gasteiger partial charge in [-0.05, 0) is 40.9 Å². The molecule has 2 nitrogen and oxygen atoms in total. The number of Topliss-reactive ketones (excluding diaryl/α,β-unsaturated/α-hetero) is 1. The molecule has 0 amide bonds. The third-order valence-corrected chi connectivity index (χ3v) is 4.89. The molecule has 0 unspecified atom stereocenters. The van der Waals surface area contributed by atoms with Crippen molar-refractivity contribution in [3.63, 3.8) is 0 Å². The smallest absolute Gasteiger partial charge is 0.197 e. The molecule has 2 rings (SSSR count). The van der Waals surface area contributed by atoms with Gasteiger partial charge in [-0.25, -0.2) is 4.39 Å². The van der Waals surface area contributed by atoms with E-state index in [-0.39, 0.29) is 10.6 Å². The fraction of sp³-hybridized carbons (Fsp3) is 0.500. The Morgan fingerprint density at radius 2 is 1.84 bits per heavy atom. The molecule has 0 radical (unpaired) electrons. The minimum absolute atomic E-state index is 0.122. The minimum Gasteiger partial charge on any atom is -0.382 e. The molecule has 0 aliphatic heterocycles. The van der Waals surface area contributed by atoms with Gasteiger partial charge in [-0.3, -0.25) is 4.79 Å². The van der Waals surface area contributed by atoms with E-state index >= 15 is 0 Å². The maximum absolute atomic E-state index is 14.0. The molecule has 5 heteroatoms. The van der Waals surface area contributed by atoms with Crippen molar-refractivity contribution in [3.8, 4) is 0 Å². The van der Waals surface area contributed by atoms with Crippen LogP contribution in [0.1, 0.15) is 48.9 Å². The summed E-state index contributed by atoms with van der Waals surface area (Å²) in [5, 5.41) is 10.4. The highest BCUT2D eigenvalue weighted by Crippen LogP contribution is 2.34. The molecular weight excluding hydrogens is 335 g/mol. The summed E-state index contributed by atoms with van der Waals surface area (Å²) < 4.78 is 14.4. The maximum atomic E-state index is 14.0. The summed E-state index contributed by atoms with van der Waals surface area (Å²) in [6.07, 6.45) is 4.35. The zero-order valence-electron chi connectivity index (χ0n) is 10.4. The lowest BCUT2D eigenvalue weighted by atomic mass is 9.86. The summed E-state index contributed by atoms with van der Waals surface area (Å²) in [5.74, 6) is -1.32. The SMILES string of the molecule is O=C(c1ccc(Br)c(Cl)c1F)C1(O)CCCCCC1. The molecule has 1 aromatic carbocycles. The second-order valence-corrected chi connectivity index (χ2v) is 6.23. The van der Waals surface area contributed by atoms with Crippen LogP contribution in [-0.2, 0) is 0 Å². The van der Waals surface area contributed by atoms with E-state index in [4.69, 9.17) is 11.6 Å². The molecule has 104 valence electrons. The van der Waals surface area contributed by atoms with Gasteiger partial charge in [-0.15, -0.1) is 0 Å². The maximum Gasteiger partial charge on any atom is 0.197 e. The van der Waals surface area contributed by atoms with E-state index in [0.717, 1.165) is 25.7 Å². The van der Waals surface area contributed by atoms with Crippen LogP contribution in [0.2, 0.25) is 5.02 Å². The van der Waals surface area contributed by atoms with Gasteiger partial charge in [-0.1, -0.05) is 37.3 Å². The van der Waals surface area contributed by atoms with Gasteiger partial charge in [0.2, 0.25) is 0 Å². The zero-order valence-corrected chi connectivity index (χ0v) is 12.7. The summed E-state index contributed by atoms with van der Waals surface area (Å²) in [4.78, 5) is 12.4. The number of aliphatic hydroxyl groups is 1. The van der Waals surface area contributed by atoms with E-state index in [1.807, 2.05) is 0 Å². The Labute approximate surface area is 125 Å². The van der Waals surface area contributed by atoms with Crippen molar-refractivity contribution in [2.45, 2.75) is 44.1 Å². The van der Waals surface area contributed by atoms with Crippen molar-refractivity contribution < 1.29 is 14.3 Å². The first kappa shape index (κ1) is 14.9. The molecule has 1 N–H and O–H groups in total. The Morgan fingerprint density at radius 3 is 2.42 bits per heavy atom. The minimum atomic E-state index is -1.45. The summed E-state index contributed by atoms with van der Waals surface area (Å²) in [6.45, 7) is 0. The van der Waals surface area contributed by atoms with Crippen molar-refractivity contribution in [2.24, 2.45) is 0 Å². The van der Waals surface area contributed by atoms with Crippen LogP contribution in [0, 0.1) is 5.82 Å². The molecule has 1 aliphatic carbocycles. The van der Waals surface area contributed by atoms with Gasteiger partial charge in [0, 0.05) is 4.47 Å². The van der Waals surface area contributed by atoms with Crippen LogP contribution in [0.25, 0.3) is 0 Å². The van der Waals surface area contributed by atoms with E-state index in [9.17, 15) is 14.3 Å². The Kier molecular flexibility index (Phi) is 4.64. The zero-order chi connectivity index (χ0) is 14.0. The predicted molar refractivity (Wildman–Crippen MR) is 76.1 cm³/mol. The van der Waals surface area contributed by atoms with Crippen LogP contribution in [0.4, 0.5) is 4.39 Å². The molecule has 0 aromatic heterocycles. The number of carbonyl (C=O) groups excluding carboxylic acids is 1. The summed E-state index contributed by atoms with van der Waals surface area (Å²) >= 11 is 8.89. The highest BCUT2D eigenvalue weighted by molar-refractivity contribution is 9.10. The Hall–Kier alpha value is -0.450. The van der Waals surface area contributed by atoms with Crippen LogP contribution in [0.5, 0.6) is 0 Å². The molecule has 1 fully saturated rings. The monoisotopic (exact) mass is 348 g/mol. The molecule has 0 saturated heterocycles. The lowest BCUT2D eigenvalue weighted by Crippen LogP contribution is -2.38. The van der Waals surface area contributed by atoms with E-state index < -0.39 is 17.2 Å². The highest BCUT2D eigenvalue weighted by Gasteiger charge is 2.38. The first-order chi connectivity index (χ1) is 8.96. The topological polar surface area (TPSA) is 37.3 Å². The van der Waals surface area contributed by atoms with E-state index in [1.54, 1.807) is 0 Å².